The summed E-state index contributed by atoms with van der Waals surface area (Å²) in [5, 5.41) is 11.7. The van der Waals surface area contributed by atoms with Crippen LogP contribution in [0, 0.1) is 5.92 Å². The fraction of sp³-hybridized carbons (Fsp3) is 0.278. The number of carboxylic acid groups (broad SMARTS) is 1. The van der Waals surface area contributed by atoms with Crippen LogP contribution in [0.1, 0.15) is 21.0 Å². The van der Waals surface area contributed by atoms with Crippen LogP contribution in [0.2, 0.25) is 0 Å². The number of hydrogen-bond acceptors (Lipinski definition) is 5. The lowest BCUT2D eigenvalue weighted by molar-refractivity contribution is -0.126. The molecule has 8 heteroatoms. The summed E-state index contributed by atoms with van der Waals surface area (Å²) in [7, 11) is 1.57. The van der Waals surface area contributed by atoms with E-state index in [4.69, 9.17) is 9.84 Å². The average Bonchev–Trinajstić information content (AvgIpc) is 3.27. The first kappa shape index (κ1) is 17.9. The van der Waals surface area contributed by atoms with E-state index in [1.807, 2.05) is 0 Å². The van der Waals surface area contributed by atoms with Gasteiger partial charge in [0.05, 0.1) is 19.6 Å². The van der Waals surface area contributed by atoms with E-state index in [9.17, 15) is 14.4 Å². The summed E-state index contributed by atoms with van der Waals surface area (Å²) >= 11 is 1.12. The number of ether oxygens (including phenoxy) is 1. The Morgan fingerprint density at radius 3 is 2.62 bits per heavy atom. The summed E-state index contributed by atoms with van der Waals surface area (Å²) in [5.74, 6) is -1.02. The van der Waals surface area contributed by atoms with Gasteiger partial charge in [-0.2, -0.15) is 0 Å². The largest absolute Gasteiger partial charge is 0.497 e. The number of amides is 2. The van der Waals surface area contributed by atoms with E-state index in [2.05, 4.69) is 5.32 Å². The Labute approximate surface area is 154 Å². The van der Waals surface area contributed by atoms with Gasteiger partial charge in [-0.15, -0.1) is 11.3 Å². The van der Waals surface area contributed by atoms with Gasteiger partial charge in [0.1, 0.15) is 10.6 Å². The number of nitrogens with zero attached hydrogens (tertiary/aromatic N) is 1. The number of carbonyl (C=O) groups is 3. The molecule has 0 aliphatic carbocycles. The molecule has 1 unspecified atom stereocenters. The molecule has 2 N–H and O–H groups in total. The maximum absolute atomic E-state index is 12.4. The minimum Gasteiger partial charge on any atom is -0.497 e. The minimum absolute atomic E-state index is 0.0976. The molecule has 0 spiro atoms. The van der Waals surface area contributed by atoms with Crippen LogP contribution in [0.3, 0.4) is 0 Å². The highest BCUT2D eigenvalue weighted by Gasteiger charge is 2.35. The van der Waals surface area contributed by atoms with Crippen LogP contribution in [0.5, 0.6) is 5.75 Å². The third kappa shape index (κ3) is 3.85. The summed E-state index contributed by atoms with van der Waals surface area (Å²) in [5.41, 5.74) is 0.732. The fourth-order valence-corrected chi connectivity index (χ4v) is 3.59. The molecule has 2 heterocycles. The van der Waals surface area contributed by atoms with E-state index in [1.165, 1.54) is 6.07 Å². The van der Waals surface area contributed by atoms with Gasteiger partial charge in [0.25, 0.3) is 0 Å². The van der Waals surface area contributed by atoms with Crippen molar-refractivity contribution in [3.8, 4) is 5.75 Å². The Balaban J connectivity index is 1.58. The fourth-order valence-electron chi connectivity index (χ4n) is 2.80. The van der Waals surface area contributed by atoms with Crippen molar-refractivity contribution in [1.82, 2.24) is 5.32 Å². The summed E-state index contributed by atoms with van der Waals surface area (Å²) in [6.45, 7) is 0.575. The first-order chi connectivity index (χ1) is 12.5. The lowest BCUT2D eigenvalue weighted by atomic mass is 10.1. The number of nitrogens with one attached hydrogen (secondary N) is 1. The SMILES string of the molecule is COc1ccc(N2CC(C(=O)NCc3ccc(C(=O)O)s3)CC2=O)cc1. The number of rotatable bonds is 6. The summed E-state index contributed by atoms with van der Waals surface area (Å²) in [6, 6.07) is 10.3. The van der Waals surface area contributed by atoms with Gasteiger partial charge in [-0.05, 0) is 36.4 Å². The molecule has 1 aromatic heterocycles. The Morgan fingerprint density at radius 2 is 2.00 bits per heavy atom. The van der Waals surface area contributed by atoms with E-state index in [-0.39, 0.29) is 29.7 Å². The third-order valence-electron chi connectivity index (χ3n) is 4.19. The van der Waals surface area contributed by atoms with Crippen LogP contribution in [0.25, 0.3) is 0 Å². The van der Waals surface area contributed by atoms with Gasteiger partial charge in [0.15, 0.2) is 0 Å². The molecule has 7 nitrogen and oxygen atoms in total. The zero-order chi connectivity index (χ0) is 18.7. The number of aromatic carboxylic acids is 1. The molecule has 0 bridgehead atoms. The number of anilines is 1. The van der Waals surface area contributed by atoms with Crippen LogP contribution in [-0.2, 0) is 16.1 Å². The van der Waals surface area contributed by atoms with Crippen molar-refractivity contribution in [2.75, 3.05) is 18.6 Å². The average molecular weight is 374 g/mol. The lowest BCUT2D eigenvalue weighted by Crippen LogP contribution is -2.32. The van der Waals surface area contributed by atoms with Crippen molar-refractivity contribution < 1.29 is 24.2 Å². The van der Waals surface area contributed by atoms with Crippen molar-refractivity contribution in [2.24, 2.45) is 5.92 Å². The highest BCUT2D eigenvalue weighted by atomic mass is 32.1. The van der Waals surface area contributed by atoms with Crippen molar-refractivity contribution in [1.29, 1.82) is 0 Å². The minimum atomic E-state index is -0.982. The zero-order valence-corrected chi connectivity index (χ0v) is 14.9. The number of hydrogen-bond donors (Lipinski definition) is 2. The van der Waals surface area contributed by atoms with Gasteiger partial charge < -0.3 is 20.1 Å². The monoisotopic (exact) mass is 374 g/mol. The Kier molecular flexibility index (Phi) is 5.22. The number of carboxylic acids is 1. The smallest absolute Gasteiger partial charge is 0.345 e. The van der Waals surface area contributed by atoms with E-state index < -0.39 is 11.9 Å². The number of carbonyl (C=O) groups excluding carboxylic acids is 2. The molecular weight excluding hydrogens is 356 g/mol. The molecule has 0 radical (unpaired) electrons. The van der Waals surface area contributed by atoms with Crippen LogP contribution in [0.15, 0.2) is 36.4 Å². The highest BCUT2D eigenvalue weighted by Crippen LogP contribution is 2.27. The molecule has 1 aliphatic heterocycles. The van der Waals surface area contributed by atoms with Gasteiger partial charge in [0, 0.05) is 23.5 Å². The summed E-state index contributed by atoms with van der Waals surface area (Å²) < 4.78 is 5.11. The van der Waals surface area contributed by atoms with Crippen LogP contribution in [0.4, 0.5) is 5.69 Å². The molecule has 3 rings (SSSR count). The van der Waals surface area contributed by atoms with E-state index in [1.54, 1.807) is 42.3 Å². The molecule has 1 aliphatic rings. The third-order valence-corrected chi connectivity index (χ3v) is 5.26. The van der Waals surface area contributed by atoms with Crippen molar-refractivity contribution in [3.05, 3.63) is 46.2 Å². The molecule has 2 amide bonds. The van der Waals surface area contributed by atoms with Crippen molar-refractivity contribution in [2.45, 2.75) is 13.0 Å². The maximum atomic E-state index is 12.4. The number of methoxy groups -OCH3 is 1. The predicted octanol–water partition coefficient (Wildman–Crippen LogP) is 2.12. The molecule has 1 fully saturated rings. The van der Waals surface area contributed by atoms with E-state index in [0.29, 0.717) is 12.3 Å². The van der Waals surface area contributed by atoms with Crippen LogP contribution < -0.4 is 15.0 Å². The highest BCUT2D eigenvalue weighted by molar-refractivity contribution is 7.13. The van der Waals surface area contributed by atoms with Crippen LogP contribution in [-0.4, -0.2) is 36.5 Å². The molecule has 1 atom stereocenters. The lowest BCUT2D eigenvalue weighted by Gasteiger charge is -2.17. The van der Waals surface area contributed by atoms with Gasteiger partial charge in [-0.1, -0.05) is 0 Å². The second-order valence-corrected chi connectivity index (χ2v) is 7.06. The van der Waals surface area contributed by atoms with Gasteiger partial charge in [-0.3, -0.25) is 9.59 Å². The maximum Gasteiger partial charge on any atom is 0.345 e. The quantitative estimate of drug-likeness (QED) is 0.807. The molecular formula is C18H18N2O5S. The molecule has 0 saturated carbocycles. The molecule has 1 saturated heterocycles. The second-order valence-electron chi connectivity index (χ2n) is 5.89. The van der Waals surface area contributed by atoms with Crippen LogP contribution >= 0.6 is 11.3 Å². The summed E-state index contributed by atoms with van der Waals surface area (Å²) in [6.07, 6.45) is 0.155. The first-order valence-corrected chi connectivity index (χ1v) is 8.83. The normalized spacial score (nSPS) is 16.6. The zero-order valence-electron chi connectivity index (χ0n) is 14.1. The molecule has 2 aromatic rings. The van der Waals surface area contributed by atoms with Gasteiger partial charge in [-0.25, -0.2) is 4.79 Å². The summed E-state index contributed by atoms with van der Waals surface area (Å²) in [4.78, 5) is 38.1. The molecule has 1 aromatic carbocycles. The van der Waals surface area contributed by atoms with Crippen molar-refractivity contribution in [3.63, 3.8) is 0 Å². The Bertz CT molecular complexity index is 830. The molecule has 26 heavy (non-hydrogen) atoms. The topological polar surface area (TPSA) is 95.9 Å². The van der Waals surface area contributed by atoms with Crippen molar-refractivity contribution >= 4 is 34.8 Å². The van der Waals surface area contributed by atoms with E-state index in [0.717, 1.165) is 21.9 Å². The van der Waals surface area contributed by atoms with Gasteiger partial charge in [0.2, 0.25) is 11.8 Å². The van der Waals surface area contributed by atoms with E-state index >= 15 is 0 Å². The Morgan fingerprint density at radius 1 is 1.27 bits per heavy atom. The molecule has 136 valence electrons. The number of benzene rings is 1. The number of thiophene rings is 1. The first-order valence-electron chi connectivity index (χ1n) is 8.02. The Hall–Kier alpha value is -2.87. The predicted molar refractivity (Wildman–Crippen MR) is 96.6 cm³/mol. The standard InChI is InChI=1S/C18H18N2O5S/c1-25-13-4-2-12(3-5-13)20-10-11(8-16(20)21)17(22)19-9-14-6-7-15(26-14)18(23)24/h2-7,11H,8-10H2,1H3,(H,19,22)(H,23,24). The second kappa shape index (κ2) is 7.57. The van der Waals surface area contributed by atoms with Gasteiger partial charge >= 0.3 is 5.97 Å².